The molecule has 5 fully saturated rings. The molecule has 1 aromatic heterocycles. The molecule has 4 bridgehead atoms. The van der Waals surface area contributed by atoms with Gasteiger partial charge in [0.05, 0.1) is 11.0 Å². The van der Waals surface area contributed by atoms with Crippen LogP contribution in [0.3, 0.4) is 0 Å². The van der Waals surface area contributed by atoms with Gasteiger partial charge in [-0.3, -0.25) is 4.79 Å². The van der Waals surface area contributed by atoms with E-state index >= 15 is 0 Å². The number of piperidine rings is 1. The second-order valence-corrected chi connectivity index (χ2v) is 10.4. The Bertz CT molecular complexity index is 956. The van der Waals surface area contributed by atoms with Crippen molar-refractivity contribution >= 4 is 5.91 Å². The minimum absolute atomic E-state index is 0.0312. The molecule has 2 heterocycles. The van der Waals surface area contributed by atoms with Crippen LogP contribution in [0.25, 0.3) is 0 Å². The summed E-state index contributed by atoms with van der Waals surface area (Å²) in [5.74, 6) is 1.86. The standard InChI is InChI=1S/C24H29FN4O2/c25-19-2-1-3-21(9-19)31-20-4-6-28(7-5-20)22(30)23-10-17-8-18(11-23)13-24(12-17,14-23)29-16-26-15-27-29/h1-3,9,15-18,20H,4-8,10-14H2/t17-,18-,23?,24?/m1/s1. The Morgan fingerprint density at radius 3 is 2.58 bits per heavy atom. The van der Waals surface area contributed by atoms with E-state index in [9.17, 15) is 9.18 Å². The maximum absolute atomic E-state index is 13.9. The molecule has 0 radical (unpaired) electrons. The van der Waals surface area contributed by atoms with Gasteiger partial charge in [-0.05, 0) is 62.5 Å². The molecule has 0 unspecified atom stereocenters. The summed E-state index contributed by atoms with van der Waals surface area (Å²) < 4.78 is 21.5. The molecular formula is C24H29FN4O2. The smallest absolute Gasteiger partial charge is 0.228 e. The normalized spacial score (nSPS) is 34.8. The van der Waals surface area contributed by atoms with Gasteiger partial charge in [0.2, 0.25) is 5.91 Å². The van der Waals surface area contributed by atoms with Gasteiger partial charge in [0.25, 0.3) is 0 Å². The summed E-state index contributed by atoms with van der Waals surface area (Å²) in [6.45, 7) is 1.43. The molecule has 164 valence electrons. The number of rotatable bonds is 4. The van der Waals surface area contributed by atoms with Crippen molar-refractivity contribution in [3.05, 3.63) is 42.7 Å². The van der Waals surface area contributed by atoms with E-state index in [1.165, 1.54) is 18.6 Å². The van der Waals surface area contributed by atoms with E-state index in [0.29, 0.717) is 36.6 Å². The second-order valence-electron chi connectivity index (χ2n) is 10.4. The number of hydrogen-bond donors (Lipinski definition) is 0. The van der Waals surface area contributed by atoms with Crippen LogP contribution in [-0.4, -0.2) is 44.8 Å². The van der Waals surface area contributed by atoms with Gasteiger partial charge in [-0.25, -0.2) is 14.1 Å². The average Bonchev–Trinajstić information content (AvgIpc) is 3.29. The summed E-state index contributed by atoms with van der Waals surface area (Å²) in [6.07, 6.45) is 11.6. The summed E-state index contributed by atoms with van der Waals surface area (Å²) >= 11 is 0. The number of likely N-dealkylation sites (tertiary alicyclic amines) is 1. The highest BCUT2D eigenvalue weighted by molar-refractivity contribution is 5.83. The Kier molecular flexibility index (Phi) is 4.37. The van der Waals surface area contributed by atoms with Crippen LogP contribution in [0.15, 0.2) is 36.9 Å². The summed E-state index contributed by atoms with van der Waals surface area (Å²) in [5, 5.41) is 4.50. The quantitative estimate of drug-likeness (QED) is 0.749. The number of ether oxygens (including phenoxy) is 1. The van der Waals surface area contributed by atoms with Crippen LogP contribution in [0, 0.1) is 23.1 Å². The molecule has 0 N–H and O–H groups in total. The highest BCUT2D eigenvalue weighted by atomic mass is 19.1. The van der Waals surface area contributed by atoms with Crippen LogP contribution in [0.4, 0.5) is 4.39 Å². The third-order valence-electron chi connectivity index (χ3n) is 8.22. The fourth-order valence-corrected chi connectivity index (χ4v) is 7.43. The van der Waals surface area contributed by atoms with E-state index < -0.39 is 0 Å². The van der Waals surface area contributed by atoms with Crippen LogP contribution < -0.4 is 4.74 Å². The molecule has 2 aromatic rings. The maximum Gasteiger partial charge on any atom is 0.228 e. The molecular weight excluding hydrogens is 395 g/mol. The number of amides is 1. The Labute approximate surface area is 181 Å². The number of halogens is 1. The zero-order chi connectivity index (χ0) is 21.1. The van der Waals surface area contributed by atoms with Gasteiger partial charge in [0.15, 0.2) is 0 Å². The van der Waals surface area contributed by atoms with Crippen molar-refractivity contribution in [2.24, 2.45) is 17.3 Å². The van der Waals surface area contributed by atoms with Gasteiger partial charge in [0.1, 0.15) is 30.3 Å². The highest BCUT2D eigenvalue weighted by Gasteiger charge is 2.62. The first-order valence-corrected chi connectivity index (χ1v) is 11.6. The predicted octanol–water partition coefficient (Wildman–Crippen LogP) is 3.78. The summed E-state index contributed by atoms with van der Waals surface area (Å²) in [6, 6.07) is 6.31. The van der Waals surface area contributed by atoms with E-state index in [1.54, 1.807) is 18.5 Å². The fraction of sp³-hybridized carbons (Fsp3) is 0.625. The van der Waals surface area contributed by atoms with Gasteiger partial charge < -0.3 is 9.64 Å². The maximum atomic E-state index is 13.9. The molecule has 1 aromatic carbocycles. The third kappa shape index (κ3) is 3.24. The van der Waals surface area contributed by atoms with Crippen LogP contribution in [-0.2, 0) is 10.3 Å². The summed E-state index contributed by atoms with van der Waals surface area (Å²) in [5.41, 5.74) is -0.276. The zero-order valence-corrected chi connectivity index (χ0v) is 17.8. The van der Waals surface area contributed by atoms with Crippen LogP contribution >= 0.6 is 0 Å². The lowest BCUT2D eigenvalue weighted by Crippen LogP contribution is -2.62. The first kappa shape index (κ1) is 19.3. The van der Waals surface area contributed by atoms with Gasteiger partial charge in [-0.2, -0.15) is 5.10 Å². The number of nitrogens with zero attached hydrogens (tertiary/aromatic N) is 4. The van der Waals surface area contributed by atoms with Crippen molar-refractivity contribution in [1.29, 1.82) is 0 Å². The Hall–Kier alpha value is -2.44. The topological polar surface area (TPSA) is 60.2 Å². The van der Waals surface area contributed by atoms with Gasteiger partial charge in [-0.15, -0.1) is 0 Å². The van der Waals surface area contributed by atoms with Gasteiger partial charge in [0, 0.05) is 32.0 Å². The molecule has 4 aliphatic carbocycles. The number of benzene rings is 1. The molecule has 6 nitrogen and oxygen atoms in total. The van der Waals surface area contributed by atoms with Crippen LogP contribution in [0.1, 0.15) is 51.4 Å². The SMILES string of the molecule is O=C(N1CCC(Oc2cccc(F)c2)CC1)C12C[C@H]3C[C@H](C1)CC(n1cncn1)(C3)C2. The second kappa shape index (κ2) is 7.04. The molecule has 0 spiro atoms. The largest absolute Gasteiger partial charge is 0.490 e. The fourth-order valence-electron chi connectivity index (χ4n) is 7.43. The van der Waals surface area contributed by atoms with E-state index in [2.05, 4.69) is 19.7 Å². The van der Waals surface area contributed by atoms with Gasteiger partial charge >= 0.3 is 0 Å². The number of aromatic nitrogens is 3. The molecule has 2 atom stereocenters. The lowest BCUT2D eigenvalue weighted by molar-refractivity contribution is -0.168. The van der Waals surface area contributed by atoms with E-state index in [-0.39, 0.29) is 22.9 Å². The Morgan fingerprint density at radius 1 is 1.13 bits per heavy atom. The number of hydrogen-bond acceptors (Lipinski definition) is 4. The molecule has 7 heteroatoms. The molecule has 1 amide bonds. The lowest BCUT2D eigenvalue weighted by atomic mass is 9.46. The van der Waals surface area contributed by atoms with Crippen molar-refractivity contribution in [1.82, 2.24) is 19.7 Å². The Morgan fingerprint density at radius 2 is 1.90 bits per heavy atom. The highest BCUT2D eigenvalue weighted by Crippen LogP contribution is 2.64. The Balaban J connectivity index is 1.16. The molecule has 4 saturated carbocycles. The van der Waals surface area contributed by atoms with Crippen molar-refractivity contribution in [2.45, 2.75) is 63.0 Å². The van der Waals surface area contributed by atoms with E-state index in [0.717, 1.165) is 44.9 Å². The van der Waals surface area contributed by atoms with Gasteiger partial charge in [-0.1, -0.05) is 6.07 Å². The third-order valence-corrected chi connectivity index (χ3v) is 8.22. The van der Waals surface area contributed by atoms with E-state index in [1.807, 2.05) is 6.33 Å². The molecule has 1 saturated heterocycles. The first-order valence-electron chi connectivity index (χ1n) is 11.6. The lowest BCUT2D eigenvalue weighted by Gasteiger charge is -2.61. The van der Waals surface area contributed by atoms with Crippen molar-refractivity contribution in [3.8, 4) is 5.75 Å². The number of carbonyl (C=O) groups excluding carboxylic acids is 1. The van der Waals surface area contributed by atoms with Crippen molar-refractivity contribution in [2.75, 3.05) is 13.1 Å². The molecule has 5 aliphatic rings. The minimum Gasteiger partial charge on any atom is -0.490 e. The minimum atomic E-state index is -0.284. The van der Waals surface area contributed by atoms with Crippen LogP contribution in [0.2, 0.25) is 0 Å². The van der Waals surface area contributed by atoms with E-state index in [4.69, 9.17) is 4.74 Å². The van der Waals surface area contributed by atoms with Crippen LogP contribution in [0.5, 0.6) is 5.75 Å². The summed E-state index contributed by atoms with van der Waals surface area (Å²) in [4.78, 5) is 20.1. The average molecular weight is 425 g/mol. The zero-order valence-electron chi connectivity index (χ0n) is 17.8. The number of carbonyl (C=O) groups is 1. The predicted molar refractivity (Wildman–Crippen MR) is 112 cm³/mol. The van der Waals surface area contributed by atoms with Crippen molar-refractivity contribution < 1.29 is 13.9 Å². The van der Waals surface area contributed by atoms with Crippen molar-refractivity contribution in [3.63, 3.8) is 0 Å². The monoisotopic (exact) mass is 424 g/mol. The molecule has 7 rings (SSSR count). The molecule has 31 heavy (non-hydrogen) atoms. The summed E-state index contributed by atoms with van der Waals surface area (Å²) in [7, 11) is 0. The first-order chi connectivity index (χ1) is 15.0. The molecule has 1 aliphatic heterocycles.